The van der Waals surface area contributed by atoms with Crippen molar-refractivity contribution in [2.75, 3.05) is 0 Å². The molecule has 0 unspecified atom stereocenters. The third kappa shape index (κ3) is 3.62. The molecule has 0 spiro atoms. The van der Waals surface area contributed by atoms with Gasteiger partial charge < -0.3 is 4.18 Å². The fourth-order valence-corrected chi connectivity index (χ4v) is 0.383. The zero-order valence-electron chi connectivity index (χ0n) is 4.88. The summed E-state index contributed by atoms with van der Waals surface area (Å²) in [6.07, 6.45) is 0. The highest BCUT2D eigenvalue weighted by atomic mass is 32.2. The van der Waals surface area contributed by atoms with E-state index in [1.165, 1.54) is 6.92 Å². The minimum Gasteiger partial charge on any atom is -0.372 e. The highest BCUT2D eigenvalue weighted by Gasteiger charge is 2.01. The molecule has 9 heavy (non-hydrogen) atoms. The summed E-state index contributed by atoms with van der Waals surface area (Å²) in [5.74, 6) is -0.554. The lowest BCUT2D eigenvalue weighted by molar-refractivity contribution is -0.128. The predicted molar refractivity (Wildman–Crippen MR) is 34.1 cm³/mol. The SMILES string of the molecule is C=C(C)C(=O)OSC#N. The van der Waals surface area contributed by atoms with Crippen LogP contribution in [-0.2, 0) is 8.98 Å². The van der Waals surface area contributed by atoms with E-state index in [4.69, 9.17) is 5.26 Å². The molecule has 0 aliphatic carbocycles. The molecule has 0 atom stereocenters. The maximum Gasteiger partial charge on any atom is 0.346 e. The first-order valence-corrected chi connectivity index (χ1v) is 2.85. The van der Waals surface area contributed by atoms with Crippen molar-refractivity contribution in [2.24, 2.45) is 0 Å². The van der Waals surface area contributed by atoms with E-state index in [9.17, 15) is 4.79 Å². The van der Waals surface area contributed by atoms with Gasteiger partial charge in [0.25, 0.3) is 0 Å². The second kappa shape index (κ2) is 3.98. The van der Waals surface area contributed by atoms with Crippen molar-refractivity contribution in [3.05, 3.63) is 12.2 Å². The molecular formula is C5H5NO2S. The molecular weight excluding hydrogens is 138 g/mol. The molecule has 0 amide bonds. The minimum atomic E-state index is -0.554. The number of carbonyl (C=O) groups excluding carboxylic acids is 1. The van der Waals surface area contributed by atoms with E-state index in [1.807, 2.05) is 0 Å². The van der Waals surface area contributed by atoms with E-state index in [2.05, 4.69) is 10.8 Å². The van der Waals surface area contributed by atoms with E-state index in [1.54, 1.807) is 5.40 Å². The van der Waals surface area contributed by atoms with Crippen molar-refractivity contribution < 1.29 is 8.98 Å². The Labute approximate surface area is 57.5 Å². The lowest BCUT2D eigenvalue weighted by atomic mass is 10.4. The van der Waals surface area contributed by atoms with Gasteiger partial charge in [-0.05, 0) is 6.92 Å². The van der Waals surface area contributed by atoms with Gasteiger partial charge in [-0.15, -0.1) is 0 Å². The molecule has 3 nitrogen and oxygen atoms in total. The Balaban J connectivity index is 3.55. The zero-order valence-corrected chi connectivity index (χ0v) is 5.70. The summed E-state index contributed by atoms with van der Waals surface area (Å²) in [7, 11) is 0. The average Bonchev–Trinajstić information content (AvgIpc) is 1.82. The minimum absolute atomic E-state index is 0.290. The molecule has 0 aliphatic rings. The van der Waals surface area contributed by atoms with Crippen molar-refractivity contribution in [1.82, 2.24) is 0 Å². The Kier molecular flexibility index (Phi) is 3.56. The molecule has 0 heterocycles. The number of rotatable bonds is 2. The smallest absolute Gasteiger partial charge is 0.346 e. The molecule has 48 valence electrons. The standard InChI is InChI=1S/C5H5NO2S/c1-4(2)5(7)8-9-3-6/h1H2,2H3. The first-order chi connectivity index (χ1) is 4.18. The van der Waals surface area contributed by atoms with Crippen LogP contribution in [0.15, 0.2) is 12.2 Å². The second-order valence-electron chi connectivity index (χ2n) is 1.33. The number of hydrogen-bond acceptors (Lipinski definition) is 4. The molecule has 0 bridgehead atoms. The van der Waals surface area contributed by atoms with Gasteiger partial charge in [-0.25, -0.2) is 4.79 Å². The largest absolute Gasteiger partial charge is 0.372 e. The fraction of sp³-hybridized carbons (Fsp3) is 0.200. The van der Waals surface area contributed by atoms with Gasteiger partial charge in [-0.1, -0.05) is 6.58 Å². The van der Waals surface area contributed by atoms with Crippen LogP contribution in [0, 0.1) is 10.7 Å². The van der Waals surface area contributed by atoms with Gasteiger partial charge in [0, 0.05) is 5.57 Å². The molecule has 4 heteroatoms. The molecule has 0 saturated carbocycles. The Hall–Kier alpha value is -0.950. The third-order valence-electron chi connectivity index (χ3n) is 0.503. The number of nitrogens with zero attached hydrogens (tertiary/aromatic N) is 1. The second-order valence-corrected chi connectivity index (χ2v) is 1.84. The molecule has 0 saturated heterocycles. The van der Waals surface area contributed by atoms with Crippen molar-refractivity contribution >= 4 is 18.0 Å². The first-order valence-electron chi connectivity index (χ1n) is 2.11. The summed E-state index contributed by atoms with van der Waals surface area (Å²) >= 11 is 0.440. The van der Waals surface area contributed by atoms with Crippen LogP contribution in [0.2, 0.25) is 0 Å². The Morgan fingerprint density at radius 1 is 1.89 bits per heavy atom. The van der Waals surface area contributed by atoms with Gasteiger partial charge in [0.15, 0.2) is 17.4 Å². The van der Waals surface area contributed by atoms with Gasteiger partial charge >= 0.3 is 5.97 Å². The van der Waals surface area contributed by atoms with Gasteiger partial charge in [0.05, 0.1) is 0 Å². The Bertz CT molecular complexity index is 170. The van der Waals surface area contributed by atoms with Gasteiger partial charge in [0.1, 0.15) is 0 Å². The van der Waals surface area contributed by atoms with Gasteiger partial charge in [-0.2, -0.15) is 5.26 Å². The lowest BCUT2D eigenvalue weighted by Crippen LogP contribution is -1.97. The van der Waals surface area contributed by atoms with Crippen molar-refractivity contribution in [3.63, 3.8) is 0 Å². The van der Waals surface area contributed by atoms with Crippen molar-refractivity contribution in [1.29, 1.82) is 5.26 Å². The number of thiocyanates is 1. The summed E-state index contributed by atoms with van der Waals surface area (Å²) < 4.78 is 4.27. The topological polar surface area (TPSA) is 50.1 Å². The summed E-state index contributed by atoms with van der Waals surface area (Å²) in [5, 5.41) is 9.49. The first kappa shape index (κ1) is 8.05. The number of nitriles is 1. The molecule has 0 aromatic carbocycles. The predicted octanol–water partition coefficient (Wildman–Crippen LogP) is 1.23. The Morgan fingerprint density at radius 2 is 2.44 bits per heavy atom. The van der Waals surface area contributed by atoms with Crippen LogP contribution >= 0.6 is 12.0 Å². The molecule has 0 N–H and O–H groups in total. The summed E-state index contributed by atoms with van der Waals surface area (Å²) in [5.41, 5.74) is 0.290. The summed E-state index contributed by atoms with van der Waals surface area (Å²) in [6, 6.07) is 0. The van der Waals surface area contributed by atoms with E-state index >= 15 is 0 Å². The van der Waals surface area contributed by atoms with E-state index in [0.717, 1.165) is 0 Å². The van der Waals surface area contributed by atoms with E-state index in [0.29, 0.717) is 12.0 Å². The maximum atomic E-state index is 10.4. The molecule has 0 fully saturated rings. The number of hydrogen-bond donors (Lipinski definition) is 0. The third-order valence-corrected chi connectivity index (χ3v) is 0.812. The molecule has 0 rings (SSSR count). The molecule has 0 aromatic rings. The zero-order chi connectivity index (χ0) is 7.28. The van der Waals surface area contributed by atoms with Crippen molar-refractivity contribution in [3.8, 4) is 5.40 Å². The monoisotopic (exact) mass is 143 g/mol. The van der Waals surface area contributed by atoms with Gasteiger partial charge in [0.2, 0.25) is 0 Å². The highest BCUT2D eigenvalue weighted by Crippen LogP contribution is 2.02. The van der Waals surface area contributed by atoms with Crippen LogP contribution in [0.3, 0.4) is 0 Å². The highest BCUT2D eigenvalue weighted by molar-refractivity contribution is 7.99. The Morgan fingerprint density at radius 3 is 2.78 bits per heavy atom. The van der Waals surface area contributed by atoms with E-state index < -0.39 is 5.97 Å². The van der Waals surface area contributed by atoms with Crippen LogP contribution in [0.25, 0.3) is 0 Å². The lowest BCUT2D eigenvalue weighted by Gasteiger charge is -1.92. The summed E-state index contributed by atoms with van der Waals surface area (Å²) in [6.45, 7) is 4.82. The summed E-state index contributed by atoms with van der Waals surface area (Å²) in [4.78, 5) is 10.4. The molecule has 0 radical (unpaired) electrons. The van der Waals surface area contributed by atoms with Crippen molar-refractivity contribution in [2.45, 2.75) is 6.92 Å². The van der Waals surface area contributed by atoms with Crippen LogP contribution in [0.1, 0.15) is 6.92 Å². The van der Waals surface area contributed by atoms with Crippen LogP contribution in [-0.4, -0.2) is 5.97 Å². The molecule has 0 aromatic heterocycles. The fourth-order valence-electron chi connectivity index (χ4n) is 0.128. The van der Waals surface area contributed by atoms with Gasteiger partial charge in [-0.3, -0.25) is 0 Å². The average molecular weight is 143 g/mol. The number of carbonyl (C=O) groups is 1. The van der Waals surface area contributed by atoms with Crippen LogP contribution in [0.5, 0.6) is 0 Å². The van der Waals surface area contributed by atoms with Crippen LogP contribution in [0.4, 0.5) is 0 Å². The maximum absolute atomic E-state index is 10.4. The quantitative estimate of drug-likeness (QED) is 0.331. The van der Waals surface area contributed by atoms with E-state index in [-0.39, 0.29) is 5.57 Å². The normalized spacial score (nSPS) is 7.56. The molecule has 0 aliphatic heterocycles. The van der Waals surface area contributed by atoms with Crippen LogP contribution < -0.4 is 0 Å².